The first-order valence-corrected chi connectivity index (χ1v) is 13.2. The summed E-state index contributed by atoms with van der Waals surface area (Å²) in [6.07, 6.45) is 0.981. The lowest BCUT2D eigenvalue weighted by atomic mass is 9.88. The average molecular weight is 522 g/mol. The molecule has 0 aliphatic rings. The van der Waals surface area contributed by atoms with Gasteiger partial charge in [-0.3, -0.25) is 4.79 Å². The molecule has 0 radical (unpaired) electrons. The maximum atomic E-state index is 13.2. The number of anilines is 1. The molecule has 0 heterocycles. The van der Waals surface area contributed by atoms with Crippen molar-refractivity contribution in [1.29, 1.82) is 0 Å². The van der Waals surface area contributed by atoms with Gasteiger partial charge >= 0.3 is 6.03 Å². The number of methoxy groups -OCH3 is 1. The number of carbonyl (C=O) groups excluding carboxylic acids is 2. The maximum absolute atomic E-state index is 13.2. The number of urea groups is 1. The molecule has 0 unspecified atom stereocenters. The number of ether oxygens (including phenoxy) is 1. The molecule has 0 aliphatic heterocycles. The van der Waals surface area contributed by atoms with Crippen molar-refractivity contribution >= 4 is 17.6 Å². The van der Waals surface area contributed by atoms with Gasteiger partial charge in [0, 0.05) is 32.0 Å². The predicted octanol–water partition coefficient (Wildman–Crippen LogP) is 6.46. The van der Waals surface area contributed by atoms with Crippen LogP contribution < -0.4 is 15.4 Å². The van der Waals surface area contributed by atoms with E-state index in [1.165, 1.54) is 11.1 Å². The number of nitrogens with one attached hydrogen (secondary N) is 2. The lowest BCUT2D eigenvalue weighted by Crippen LogP contribution is -2.38. The van der Waals surface area contributed by atoms with E-state index in [4.69, 9.17) is 4.74 Å². The fourth-order valence-corrected chi connectivity index (χ4v) is 4.58. The van der Waals surface area contributed by atoms with Crippen LogP contribution in [0.1, 0.15) is 35.4 Å². The molecule has 0 spiro atoms. The highest BCUT2D eigenvalue weighted by Crippen LogP contribution is 2.27. The molecule has 0 atom stereocenters. The fraction of sp³-hybridized carbons (Fsp3) is 0.212. The van der Waals surface area contributed by atoms with E-state index in [-0.39, 0.29) is 30.8 Å². The molecule has 0 saturated carbocycles. The molecule has 2 N–H and O–H groups in total. The first kappa shape index (κ1) is 27.5. The molecule has 200 valence electrons. The minimum atomic E-state index is -0.288. The maximum Gasteiger partial charge on any atom is 0.322 e. The van der Waals surface area contributed by atoms with Gasteiger partial charge in [-0.25, -0.2) is 4.79 Å². The van der Waals surface area contributed by atoms with Crippen molar-refractivity contribution in [3.63, 3.8) is 0 Å². The zero-order chi connectivity index (χ0) is 27.3. The second-order valence-corrected chi connectivity index (χ2v) is 9.30. The number of amides is 3. The van der Waals surface area contributed by atoms with Crippen LogP contribution in [0.15, 0.2) is 115 Å². The molecular weight excluding hydrogens is 486 g/mol. The van der Waals surface area contributed by atoms with Crippen LogP contribution in [0.2, 0.25) is 0 Å². The van der Waals surface area contributed by atoms with Gasteiger partial charge in [0.15, 0.2) is 0 Å². The largest absolute Gasteiger partial charge is 0.495 e. The van der Waals surface area contributed by atoms with E-state index in [1.54, 1.807) is 24.1 Å². The van der Waals surface area contributed by atoms with Gasteiger partial charge in [0.1, 0.15) is 5.75 Å². The van der Waals surface area contributed by atoms with Crippen molar-refractivity contribution in [3.8, 4) is 5.75 Å². The Morgan fingerprint density at radius 3 is 1.95 bits per heavy atom. The highest BCUT2D eigenvalue weighted by atomic mass is 16.5. The summed E-state index contributed by atoms with van der Waals surface area (Å²) in [4.78, 5) is 27.7. The first-order valence-electron chi connectivity index (χ1n) is 13.2. The first-order chi connectivity index (χ1) is 19.1. The third kappa shape index (κ3) is 8.20. The normalized spacial score (nSPS) is 10.6. The van der Waals surface area contributed by atoms with Gasteiger partial charge in [0.05, 0.1) is 12.8 Å². The van der Waals surface area contributed by atoms with Crippen LogP contribution in [0, 0.1) is 0 Å². The highest BCUT2D eigenvalue weighted by molar-refractivity contribution is 5.91. The summed E-state index contributed by atoms with van der Waals surface area (Å²) in [6, 6.07) is 37.4. The van der Waals surface area contributed by atoms with Crippen LogP contribution in [0.25, 0.3) is 0 Å². The van der Waals surface area contributed by atoms with Crippen LogP contribution in [0.3, 0.4) is 0 Å². The Balaban J connectivity index is 1.36. The Morgan fingerprint density at radius 2 is 1.33 bits per heavy atom. The van der Waals surface area contributed by atoms with Crippen molar-refractivity contribution in [1.82, 2.24) is 10.2 Å². The van der Waals surface area contributed by atoms with Crippen molar-refractivity contribution < 1.29 is 14.3 Å². The smallest absolute Gasteiger partial charge is 0.322 e. The fourth-order valence-electron chi connectivity index (χ4n) is 4.58. The summed E-state index contributed by atoms with van der Waals surface area (Å²) in [6.45, 7) is 1.21. The summed E-state index contributed by atoms with van der Waals surface area (Å²) >= 11 is 0. The van der Waals surface area contributed by atoms with Crippen molar-refractivity contribution in [2.75, 3.05) is 25.5 Å². The molecule has 0 saturated heterocycles. The van der Waals surface area contributed by atoms with Crippen LogP contribution in [-0.2, 0) is 11.3 Å². The van der Waals surface area contributed by atoms with Crippen LogP contribution in [0.5, 0.6) is 5.75 Å². The third-order valence-electron chi connectivity index (χ3n) is 6.62. The van der Waals surface area contributed by atoms with Gasteiger partial charge in [-0.1, -0.05) is 103 Å². The molecule has 39 heavy (non-hydrogen) atoms. The van der Waals surface area contributed by atoms with Gasteiger partial charge < -0.3 is 20.3 Å². The van der Waals surface area contributed by atoms with Gasteiger partial charge in [0.25, 0.3) is 0 Å². The second-order valence-electron chi connectivity index (χ2n) is 9.30. The van der Waals surface area contributed by atoms with E-state index in [9.17, 15) is 9.59 Å². The standard InChI is InChI=1S/C33H35N3O3/c1-39-31-20-12-11-19-30(31)35-33(38)36(25-26-13-5-2-6-14-26)24-22-32(37)34-23-21-29(27-15-7-3-8-16-27)28-17-9-4-10-18-28/h2-20,29H,21-25H2,1H3,(H,34,37)(H,35,38). The number of nitrogens with zero attached hydrogens (tertiary/aromatic N) is 1. The predicted molar refractivity (Wildman–Crippen MR) is 156 cm³/mol. The molecule has 4 aromatic rings. The van der Waals surface area contributed by atoms with E-state index < -0.39 is 0 Å². The molecule has 4 aromatic carbocycles. The Bertz CT molecular complexity index is 1270. The topological polar surface area (TPSA) is 70.7 Å². The van der Waals surface area contributed by atoms with E-state index in [1.807, 2.05) is 78.9 Å². The lowest BCUT2D eigenvalue weighted by molar-refractivity contribution is -0.121. The summed E-state index contributed by atoms with van der Waals surface area (Å²) in [5, 5.41) is 5.99. The zero-order valence-electron chi connectivity index (χ0n) is 22.3. The van der Waals surface area contributed by atoms with E-state index in [0.29, 0.717) is 24.5 Å². The van der Waals surface area contributed by atoms with Gasteiger partial charge in [0.2, 0.25) is 5.91 Å². The number of hydrogen-bond donors (Lipinski definition) is 2. The Morgan fingerprint density at radius 1 is 0.769 bits per heavy atom. The van der Waals surface area contributed by atoms with Crippen LogP contribution in [0.4, 0.5) is 10.5 Å². The number of hydrogen-bond acceptors (Lipinski definition) is 3. The molecule has 0 aromatic heterocycles. The summed E-state index contributed by atoms with van der Waals surface area (Å²) in [5.74, 6) is 0.682. The minimum absolute atomic E-state index is 0.0852. The molecular formula is C33H35N3O3. The van der Waals surface area contributed by atoms with Crippen LogP contribution in [-0.4, -0.2) is 37.0 Å². The number of para-hydroxylation sites is 2. The van der Waals surface area contributed by atoms with Gasteiger partial charge in [-0.05, 0) is 35.2 Å². The van der Waals surface area contributed by atoms with Gasteiger partial charge in [-0.2, -0.15) is 0 Å². The second kappa shape index (κ2) is 14.4. The summed E-state index contributed by atoms with van der Waals surface area (Å²) < 4.78 is 5.37. The Kier molecular flexibility index (Phi) is 10.1. The summed E-state index contributed by atoms with van der Waals surface area (Å²) in [5.41, 5.74) is 4.02. The van der Waals surface area contributed by atoms with E-state index in [2.05, 4.69) is 34.9 Å². The van der Waals surface area contributed by atoms with Crippen molar-refractivity contribution in [3.05, 3.63) is 132 Å². The molecule has 0 bridgehead atoms. The zero-order valence-corrected chi connectivity index (χ0v) is 22.3. The van der Waals surface area contributed by atoms with Crippen LogP contribution >= 0.6 is 0 Å². The van der Waals surface area contributed by atoms with Crippen molar-refractivity contribution in [2.45, 2.75) is 25.3 Å². The molecule has 0 fully saturated rings. The van der Waals surface area contributed by atoms with Crippen molar-refractivity contribution in [2.24, 2.45) is 0 Å². The van der Waals surface area contributed by atoms with Gasteiger partial charge in [-0.15, -0.1) is 0 Å². The summed E-state index contributed by atoms with van der Waals surface area (Å²) in [7, 11) is 1.57. The van der Waals surface area contributed by atoms with E-state index in [0.717, 1.165) is 12.0 Å². The Hall–Kier alpha value is -4.58. The number of benzene rings is 4. The number of carbonyl (C=O) groups is 2. The van der Waals surface area contributed by atoms with E-state index >= 15 is 0 Å². The average Bonchev–Trinajstić information content (AvgIpc) is 2.99. The monoisotopic (exact) mass is 521 g/mol. The Labute approximate surface area is 230 Å². The molecule has 6 nitrogen and oxygen atoms in total. The molecule has 4 rings (SSSR count). The third-order valence-corrected chi connectivity index (χ3v) is 6.62. The quantitative estimate of drug-likeness (QED) is 0.225. The molecule has 0 aliphatic carbocycles. The molecule has 6 heteroatoms. The molecule has 3 amide bonds. The minimum Gasteiger partial charge on any atom is -0.495 e. The SMILES string of the molecule is COc1ccccc1NC(=O)N(CCC(=O)NCCC(c1ccccc1)c1ccccc1)Cc1ccccc1. The lowest BCUT2D eigenvalue weighted by Gasteiger charge is -2.24. The highest BCUT2D eigenvalue weighted by Gasteiger charge is 2.18. The number of rotatable bonds is 12.